The lowest BCUT2D eigenvalue weighted by molar-refractivity contribution is 0.413. The molecule has 0 atom stereocenters. The van der Waals surface area contributed by atoms with Crippen molar-refractivity contribution < 1.29 is 13.9 Å². The van der Waals surface area contributed by atoms with Gasteiger partial charge in [-0.1, -0.05) is 0 Å². The molecule has 1 aromatic carbocycles. The highest BCUT2D eigenvalue weighted by atomic mass is 19.1. The van der Waals surface area contributed by atoms with Crippen molar-refractivity contribution in [1.82, 2.24) is 4.90 Å². The van der Waals surface area contributed by atoms with E-state index in [0.717, 1.165) is 12.6 Å². The predicted octanol–water partition coefficient (Wildman–Crippen LogP) is 1.74. The van der Waals surface area contributed by atoms with E-state index in [1.54, 1.807) is 0 Å². The van der Waals surface area contributed by atoms with E-state index < -0.39 is 17.2 Å². The molecule has 0 bridgehead atoms. The van der Waals surface area contributed by atoms with E-state index in [4.69, 9.17) is 4.42 Å². The minimum atomic E-state index is -0.720. The Morgan fingerprint density at radius 3 is 2.72 bits per heavy atom. The van der Waals surface area contributed by atoms with Gasteiger partial charge in [-0.2, -0.15) is 0 Å². The molecule has 0 fully saturated rings. The molecule has 0 aliphatic heterocycles. The van der Waals surface area contributed by atoms with Crippen LogP contribution in [0.3, 0.4) is 0 Å². The molecule has 4 nitrogen and oxygen atoms in total. The third kappa shape index (κ3) is 2.51. The molecule has 0 aliphatic carbocycles. The summed E-state index contributed by atoms with van der Waals surface area (Å²) in [5.41, 5.74) is 0.422. The minimum Gasteiger partial charge on any atom is -0.505 e. The average Bonchev–Trinajstić information content (AvgIpc) is 2.28. The second-order valence-corrected chi connectivity index (χ2v) is 4.44. The van der Waals surface area contributed by atoms with E-state index >= 15 is 0 Å². The quantitative estimate of drug-likeness (QED) is 0.844. The van der Waals surface area contributed by atoms with E-state index in [-0.39, 0.29) is 5.58 Å². The van der Waals surface area contributed by atoms with Gasteiger partial charge in [-0.15, -0.1) is 0 Å². The van der Waals surface area contributed by atoms with Crippen LogP contribution in [-0.2, 0) is 6.42 Å². The van der Waals surface area contributed by atoms with Gasteiger partial charge < -0.3 is 14.4 Å². The lowest BCUT2D eigenvalue weighted by Gasteiger charge is -2.10. The molecule has 0 amide bonds. The van der Waals surface area contributed by atoms with Crippen molar-refractivity contribution in [3.63, 3.8) is 0 Å². The highest BCUT2D eigenvalue weighted by molar-refractivity contribution is 5.81. The summed E-state index contributed by atoms with van der Waals surface area (Å²) < 4.78 is 18.3. The largest absolute Gasteiger partial charge is 0.505 e. The second kappa shape index (κ2) is 4.78. The van der Waals surface area contributed by atoms with Gasteiger partial charge >= 0.3 is 5.63 Å². The SMILES string of the molecule is CN(C)CCc1cc(=O)oc2cc(O)c(F)cc12. The third-order valence-corrected chi connectivity index (χ3v) is 2.73. The fourth-order valence-electron chi connectivity index (χ4n) is 1.79. The summed E-state index contributed by atoms with van der Waals surface area (Å²) >= 11 is 0. The van der Waals surface area contributed by atoms with E-state index in [0.29, 0.717) is 17.4 Å². The van der Waals surface area contributed by atoms with Crippen LogP contribution in [0.4, 0.5) is 4.39 Å². The van der Waals surface area contributed by atoms with Crippen LogP contribution in [0.5, 0.6) is 5.75 Å². The van der Waals surface area contributed by atoms with Crippen molar-refractivity contribution in [3.8, 4) is 5.75 Å². The number of phenols is 1. The first-order valence-electron chi connectivity index (χ1n) is 5.57. The Hall–Kier alpha value is -1.88. The zero-order valence-corrected chi connectivity index (χ0v) is 10.2. The van der Waals surface area contributed by atoms with Gasteiger partial charge in [-0.3, -0.25) is 0 Å². The lowest BCUT2D eigenvalue weighted by Crippen LogP contribution is -2.16. The fraction of sp³-hybridized carbons (Fsp3) is 0.308. The molecular weight excluding hydrogens is 237 g/mol. The van der Waals surface area contributed by atoms with Gasteiger partial charge in [0.15, 0.2) is 11.6 Å². The van der Waals surface area contributed by atoms with Crippen LogP contribution in [0, 0.1) is 5.82 Å². The molecule has 1 N–H and O–H groups in total. The summed E-state index contributed by atoms with van der Waals surface area (Å²) in [4.78, 5) is 13.4. The second-order valence-electron chi connectivity index (χ2n) is 4.44. The van der Waals surface area contributed by atoms with Crippen LogP contribution in [0.25, 0.3) is 11.0 Å². The molecule has 1 aromatic heterocycles. The number of halogens is 1. The molecule has 0 aliphatic rings. The summed E-state index contributed by atoms with van der Waals surface area (Å²) in [5.74, 6) is -1.24. The number of likely N-dealkylation sites (N-methyl/N-ethyl adjacent to an activating group) is 1. The summed E-state index contributed by atoms with van der Waals surface area (Å²) in [6.45, 7) is 0.737. The van der Waals surface area contributed by atoms with Crippen molar-refractivity contribution in [3.05, 3.63) is 40.0 Å². The van der Waals surface area contributed by atoms with Crippen molar-refractivity contribution >= 4 is 11.0 Å². The molecule has 0 saturated carbocycles. The third-order valence-electron chi connectivity index (χ3n) is 2.73. The maximum Gasteiger partial charge on any atom is 0.336 e. The highest BCUT2D eigenvalue weighted by Crippen LogP contribution is 2.25. The van der Waals surface area contributed by atoms with Crippen molar-refractivity contribution in [2.24, 2.45) is 0 Å². The van der Waals surface area contributed by atoms with Crippen molar-refractivity contribution in [2.45, 2.75) is 6.42 Å². The van der Waals surface area contributed by atoms with Gasteiger partial charge in [0.2, 0.25) is 0 Å². The maximum absolute atomic E-state index is 13.3. The summed E-state index contributed by atoms with van der Waals surface area (Å²) in [7, 11) is 3.83. The number of phenolic OH excluding ortho intramolecular Hbond substituents is 1. The van der Waals surface area contributed by atoms with Crippen LogP contribution >= 0.6 is 0 Å². The van der Waals surface area contributed by atoms with Gasteiger partial charge in [0.05, 0.1) is 0 Å². The Morgan fingerprint density at radius 1 is 1.33 bits per heavy atom. The Kier molecular flexibility index (Phi) is 3.34. The first-order chi connectivity index (χ1) is 8.47. The van der Waals surface area contributed by atoms with Crippen molar-refractivity contribution in [1.29, 1.82) is 0 Å². The molecule has 0 saturated heterocycles. The highest BCUT2D eigenvalue weighted by Gasteiger charge is 2.10. The number of nitrogens with zero attached hydrogens (tertiary/aromatic N) is 1. The molecule has 18 heavy (non-hydrogen) atoms. The smallest absolute Gasteiger partial charge is 0.336 e. The molecule has 0 spiro atoms. The summed E-state index contributed by atoms with van der Waals surface area (Å²) in [6, 6.07) is 3.69. The van der Waals surface area contributed by atoms with Gasteiger partial charge in [0.1, 0.15) is 5.58 Å². The van der Waals surface area contributed by atoms with Crippen LogP contribution in [-0.4, -0.2) is 30.6 Å². The van der Waals surface area contributed by atoms with E-state index in [9.17, 15) is 14.3 Å². The first-order valence-corrected chi connectivity index (χ1v) is 5.57. The Morgan fingerprint density at radius 2 is 2.06 bits per heavy atom. The number of hydrogen-bond donors (Lipinski definition) is 1. The molecule has 2 rings (SSSR count). The normalized spacial score (nSPS) is 11.3. The van der Waals surface area contributed by atoms with Crippen LogP contribution in [0.2, 0.25) is 0 Å². The average molecular weight is 251 g/mol. The molecule has 1 heterocycles. The van der Waals surface area contributed by atoms with E-state index in [2.05, 4.69) is 0 Å². The van der Waals surface area contributed by atoms with E-state index in [1.807, 2.05) is 19.0 Å². The number of fused-ring (bicyclic) bond motifs is 1. The number of rotatable bonds is 3. The predicted molar refractivity (Wildman–Crippen MR) is 66.4 cm³/mol. The molecular formula is C13H14FNO3. The summed E-state index contributed by atoms with van der Waals surface area (Å²) in [5, 5.41) is 9.79. The van der Waals surface area contributed by atoms with Crippen LogP contribution in [0.1, 0.15) is 5.56 Å². The zero-order chi connectivity index (χ0) is 13.3. The Balaban J connectivity index is 2.57. The lowest BCUT2D eigenvalue weighted by atomic mass is 10.1. The minimum absolute atomic E-state index is 0.204. The van der Waals surface area contributed by atoms with E-state index in [1.165, 1.54) is 12.1 Å². The number of aromatic hydroxyl groups is 1. The molecule has 96 valence electrons. The first kappa shape index (κ1) is 12.6. The fourth-order valence-corrected chi connectivity index (χ4v) is 1.79. The maximum atomic E-state index is 13.3. The van der Waals surface area contributed by atoms with Gasteiger partial charge in [-0.05, 0) is 32.1 Å². The molecule has 0 radical (unpaired) electrons. The number of hydrogen-bond acceptors (Lipinski definition) is 4. The number of benzene rings is 1. The van der Waals surface area contributed by atoms with Crippen LogP contribution < -0.4 is 5.63 Å². The summed E-state index contributed by atoms with van der Waals surface area (Å²) in [6.07, 6.45) is 0.610. The molecule has 0 unspecified atom stereocenters. The monoisotopic (exact) mass is 251 g/mol. The standard InChI is InChI=1S/C13H14FNO3/c1-15(2)4-3-8-5-13(17)18-12-7-11(16)10(14)6-9(8)12/h5-7,16H,3-4H2,1-2H3. The van der Waals surface area contributed by atoms with Gasteiger partial charge in [0, 0.05) is 24.1 Å². The Bertz CT molecular complexity index is 634. The topological polar surface area (TPSA) is 53.7 Å². The Labute approximate surface area is 103 Å². The van der Waals surface area contributed by atoms with Crippen molar-refractivity contribution in [2.75, 3.05) is 20.6 Å². The molecule has 5 heteroatoms. The van der Waals surface area contributed by atoms with Gasteiger partial charge in [0.25, 0.3) is 0 Å². The zero-order valence-electron chi connectivity index (χ0n) is 10.2. The van der Waals surface area contributed by atoms with Crippen LogP contribution in [0.15, 0.2) is 27.4 Å². The molecule has 2 aromatic rings. The van der Waals surface area contributed by atoms with Gasteiger partial charge in [-0.25, -0.2) is 9.18 Å².